The number of thioether (sulfide) groups is 2. The van der Waals surface area contributed by atoms with Gasteiger partial charge in [-0.1, -0.05) is 36.7 Å². The van der Waals surface area contributed by atoms with Crippen molar-refractivity contribution in [2.24, 2.45) is 5.92 Å². The van der Waals surface area contributed by atoms with E-state index in [0.717, 1.165) is 23.9 Å². The summed E-state index contributed by atoms with van der Waals surface area (Å²) in [4.78, 5) is 4.13. The Morgan fingerprint density at radius 2 is 2.10 bits per heavy atom. The molecule has 0 unspecified atom stereocenters. The second kappa shape index (κ2) is 6.67. The van der Waals surface area contributed by atoms with Crippen LogP contribution in [0.5, 0.6) is 0 Å². The first-order valence-corrected chi connectivity index (χ1v) is 9.53. The number of nitrogens with zero attached hydrogens (tertiary/aromatic N) is 2. The maximum Gasteiger partial charge on any atom is 0.0945 e. The van der Waals surface area contributed by atoms with Crippen molar-refractivity contribution >= 4 is 35.1 Å². The lowest BCUT2D eigenvalue weighted by molar-refractivity contribution is 0.603. The Bertz CT molecular complexity index is 578. The molecule has 0 spiro atoms. The van der Waals surface area contributed by atoms with Crippen molar-refractivity contribution in [2.75, 3.05) is 11.5 Å². The third kappa shape index (κ3) is 3.43. The van der Waals surface area contributed by atoms with Crippen molar-refractivity contribution < 1.29 is 0 Å². The number of halogens is 1. The van der Waals surface area contributed by atoms with Gasteiger partial charge in [0.2, 0.25) is 0 Å². The molecular formula is C16H19ClN2S2. The van der Waals surface area contributed by atoms with Gasteiger partial charge < -0.3 is 4.57 Å². The summed E-state index contributed by atoms with van der Waals surface area (Å²) in [7, 11) is 0. The molecular weight excluding hydrogens is 320 g/mol. The molecule has 112 valence electrons. The van der Waals surface area contributed by atoms with Crippen LogP contribution in [-0.4, -0.2) is 21.1 Å². The zero-order chi connectivity index (χ0) is 14.7. The Kier molecular flexibility index (Phi) is 4.87. The van der Waals surface area contributed by atoms with E-state index in [4.69, 9.17) is 11.6 Å². The fourth-order valence-electron chi connectivity index (χ4n) is 2.54. The summed E-state index contributed by atoms with van der Waals surface area (Å²) in [5.74, 6) is 3.16. The van der Waals surface area contributed by atoms with Crippen molar-refractivity contribution in [3.05, 3.63) is 53.6 Å². The normalized spacial score (nSPS) is 25.9. The molecule has 0 saturated carbocycles. The Morgan fingerprint density at radius 1 is 1.33 bits per heavy atom. The van der Waals surface area contributed by atoms with Crippen LogP contribution in [0.15, 0.2) is 43.0 Å². The number of rotatable bonds is 4. The van der Waals surface area contributed by atoms with Crippen molar-refractivity contribution in [1.82, 2.24) is 9.55 Å². The van der Waals surface area contributed by atoms with Crippen LogP contribution in [0.1, 0.15) is 18.9 Å². The number of hydrogen-bond acceptors (Lipinski definition) is 3. The van der Waals surface area contributed by atoms with E-state index in [2.05, 4.69) is 52.1 Å². The molecule has 0 radical (unpaired) electrons. The lowest BCUT2D eigenvalue weighted by atomic mass is 10.1. The molecule has 1 aliphatic rings. The smallest absolute Gasteiger partial charge is 0.0945 e. The van der Waals surface area contributed by atoms with Crippen LogP contribution < -0.4 is 0 Å². The van der Waals surface area contributed by atoms with Crippen molar-refractivity contribution in [3.63, 3.8) is 0 Å². The van der Waals surface area contributed by atoms with Crippen LogP contribution in [0.4, 0.5) is 0 Å². The molecule has 2 heterocycles. The van der Waals surface area contributed by atoms with Gasteiger partial charge in [0.1, 0.15) is 0 Å². The lowest BCUT2D eigenvalue weighted by Gasteiger charge is -2.39. The van der Waals surface area contributed by atoms with E-state index >= 15 is 0 Å². The minimum absolute atomic E-state index is 0.0646. The molecule has 0 amide bonds. The monoisotopic (exact) mass is 338 g/mol. The van der Waals surface area contributed by atoms with Crippen molar-refractivity contribution in [1.29, 1.82) is 0 Å². The zero-order valence-corrected chi connectivity index (χ0v) is 14.4. The van der Waals surface area contributed by atoms with Gasteiger partial charge in [-0.3, -0.25) is 0 Å². The summed E-state index contributed by atoms with van der Waals surface area (Å²) in [6.07, 6.45) is 6.82. The summed E-state index contributed by atoms with van der Waals surface area (Å²) < 4.78 is 2.22. The van der Waals surface area contributed by atoms with Crippen LogP contribution in [0.25, 0.3) is 0 Å². The van der Waals surface area contributed by atoms with E-state index in [1.54, 1.807) is 0 Å². The number of benzene rings is 1. The quantitative estimate of drug-likeness (QED) is 0.790. The van der Waals surface area contributed by atoms with Gasteiger partial charge in [-0.15, -0.1) is 23.5 Å². The predicted octanol–water partition coefficient (Wildman–Crippen LogP) is 4.90. The first-order chi connectivity index (χ1) is 10.2. The van der Waals surface area contributed by atoms with E-state index in [0.29, 0.717) is 0 Å². The second-order valence-corrected chi connectivity index (χ2v) is 8.81. The molecule has 1 fully saturated rings. The highest BCUT2D eigenvalue weighted by atomic mass is 35.5. The third-order valence-corrected chi connectivity index (χ3v) is 8.03. The fourth-order valence-corrected chi connectivity index (χ4v) is 6.32. The van der Waals surface area contributed by atoms with E-state index in [1.807, 2.05) is 30.9 Å². The van der Waals surface area contributed by atoms with Gasteiger partial charge in [0.25, 0.3) is 0 Å². The van der Waals surface area contributed by atoms with Gasteiger partial charge in [0.05, 0.1) is 10.4 Å². The predicted molar refractivity (Wildman–Crippen MR) is 94.1 cm³/mol. The summed E-state index contributed by atoms with van der Waals surface area (Å²) in [6.45, 7) is 3.30. The topological polar surface area (TPSA) is 17.8 Å². The summed E-state index contributed by atoms with van der Waals surface area (Å²) in [5.41, 5.74) is 1.27. The molecule has 0 atom stereocenters. The number of aryl methyl sites for hydroxylation is 1. The van der Waals surface area contributed by atoms with Gasteiger partial charge in [0, 0.05) is 24.0 Å². The third-order valence-electron chi connectivity index (χ3n) is 3.74. The van der Waals surface area contributed by atoms with Crippen LogP contribution in [0.2, 0.25) is 5.02 Å². The average molecular weight is 339 g/mol. The number of hydrogen-bond donors (Lipinski definition) is 0. The average Bonchev–Trinajstić information content (AvgIpc) is 3.01. The van der Waals surface area contributed by atoms with Crippen LogP contribution in [-0.2, 0) is 10.6 Å². The lowest BCUT2D eigenvalue weighted by Crippen LogP contribution is -2.28. The largest absolute Gasteiger partial charge is 0.337 e. The SMILES string of the molecule is CC1CSC(CCn2ccnc2)(c2ccccc2Cl)SC1. The number of aromatic nitrogens is 2. The maximum atomic E-state index is 6.50. The van der Waals surface area contributed by atoms with Crippen LogP contribution in [0.3, 0.4) is 0 Å². The van der Waals surface area contributed by atoms with Gasteiger partial charge in [-0.2, -0.15) is 0 Å². The van der Waals surface area contributed by atoms with E-state index in [-0.39, 0.29) is 4.08 Å². The molecule has 2 nitrogen and oxygen atoms in total. The highest BCUT2D eigenvalue weighted by Gasteiger charge is 2.38. The van der Waals surface area contributed by atoms with Crippen LogP contribution in [0, 0.1) is 5.92 Å². The molecule has 5 heteroatoms. The van der Waals surface area contributed by atoms with Gasteiger partial charge in [-0.05, 0) is 35.5 Å². The molecule has 0 bridgehead atoms. The Labute approximate surface area is 139 Å². The minimum atomic E-state index is 0.0646. The number of imidazole rings is 1. The summed E-state index contributed by atoms with van der Waals surface area (Å²) in [5, 5.41) is 0.887. The van der Waals surface area contributed by atoms with E-state index < -0.39 is 0 Å². The molecule has 1 aliphatic heterocycles. The molecule has 1 aromatic carbocycles. The fraction of sp³-hybridized carbons (Fsp3) is 0.438. The van der Waals surface area contributed by atoms with Crippen molar-refractivity contribution in [3.8, 4) is 0 Å². The highest BCUT2D eigenvalue weighted by molar-refractivity contribution is 8.18. The Balaban J connectivity index is 1.86. The van der Waals surface area contributed by atoms with Gasteiger partial charge >= 0.3 is 0 Å². The Hall–Kier alpha value is -0.580. The summed E-state index contributed by atoms with van der Waals surface area (Å²) >= 11 is 10.6. The second-order valence-electron chi connectivity index (χ2n) is 5.51. The van der Waals surface area contributed by atoms with Gasteiger partial charge in [0.15, 0.2) is 0 Å². The first-order valence-electron chi connectivity index (χ1n) is 7.18. The standard InChI is InChI=1S/C16H19ClN2S2/c1-13-10-20-16(21-11-13,6-8-19-9-7-18-12-19)14-4-2-3-5-15(14)17/h2-5,7,9,12-13H,6,8,10-11H2,1H3. The molecule has 2 aromatic rings. The maximum absolute atomic E-state index is 6.50. The first kappa shape index (κ1) is 15.3. The van der Waals surface area contributed by atoms with Crippen molar-refractivity contribution in [2.45, 2.75) is 24.0 Å². The molecule has 21 heavy (non-hydrogen) atoms. The molecule has 3 rings (SSSR count). The molecule has 0 aliphatic carbocycles. The molecule has 0 N–H and O–H groups in total. The Morgan fingerprint density at radius 3 is 2.76 bits per heavy atom. The van der Waals surface area contributed by atoms with E-state index in [9.17, 15) is 0 Å². The molecule has 1 saturated heterocycles. The minimum Gasteiger partial charge on any atom is -0.337 e. The zero-order valence-electron chi connectivity index (χ0n) is 12.0. The van der Waals surface area contributed by atoms with Crippen LogP contribution >= 0.6 is 35.1 Å². The van der Waals surface area contributed by atoms with E-state index in [1.165, 1.54) is 17.1 Å². The van der Waals surface area contributed by atoms with Gasteiger partial charge in [-0.25, -0.2) is 4.98 Å². The highest BCUT2D eigenvalue weighted by Crippen LogP contribution is 2.55. The summed E-state index contributed by atoms with van der Waals surface area (Å²) in [6, 6.07) is 8.30. The molecule has 1 aromatic heterocycles.